The molecule has 1 rings (SSSR count). The zero-order chi connectivity index (χ0) is 14.8. The number of Topliss-reactive ketones (excluding diaryl/α,β-unsaturated/α-hetero) is 1. The quantitative estimate of drug-likeness (QED) is 0.606. The van der Waals surface area contributed by atoms with E-state index in [0.29, 0.717) is 6.07 Å². The number of hydrogen-bond donors (Lipinski definition) is 0. The Balaban J connectivity index is 3.19. The first kappa shape index (κ1) is 15.9. The molecule has 0 aliphatic heterocycles. The van der Waals surface area contributed by atoms with Crippen molar-refractivity contribution < 1.29 is 31.1 Å². The van der Waals surface area contributed by atoms with E-state index in [4.69, 9.17) is 0 Å². The molecular formula is C11H8F6OS. The molecule has 0 amide bonds. The Morgan fingerprint density at radius 1 is 1.16 bits per heavy atom. The number of benzene rings is 1. The molecule has 0 radical (unpaired) electrons. The number of hydrogen-bond acceptors (Lipinski definition) is 2. The maximum absolute atomic E-state index is 12.6. The second-order valence-corrected chi connectivity index (χ2v) is 4.88. The SMILES string of the molecule is CC(=O)Cc1cc(SC(F)(F)F)ccc1C(F)(F)F. The molecule has 0 N–H and O–H groups in total. The Morgan fingerprint density at radius 2 is 1.74 bits per heavy atom. The lowest BCUT2D eigenvalue weighted by Crippen LogP contribution is -2.12. The molecule has 0 fully saturated rings. The van der Waals surface area contributed by atoms with E-state index in [9.17, 15) is 31.1 Å². The first-order chi connectivity index (χ1) is 8.49. The molecule has 0 aliphatic rings. The standard InChI is InChI=1S/C11H8F6OS/c1-6(18)4-7-5-8(19-11(15,16)17)2-3-9(7)10(12,13)14/h2-3,5H,4H2,1H3. The predicted molar refractivity (Wildman–Crippen MR) is 57.7 cm³/mol. The lowest BCUT2D eigenvalue weighted by atomic mass is 10.0. The summed E-state index contributed by atoms with van der Waals surface area (Å²) in [6.07, 6.45) is -5.26. The second kappa shape index (κ2) is 5.44. The third-order valence-electron chi connectivity index (χ3n) is 2.06. The van der Waals surface area contributed by atoms with Gasteiger partial charge in [-0.3, -0.25) is 4.79 Å². The van der Waals surface area contributed by atoms with Crippen molar-refractivity contribution in [2.24, 2.45) is 0 Å². The number of carbonyl (C=O) groups excluding carboxylic acids is 1. The summed E-state index contributed by atoms with van der Waals surface area (Å²) in [5.41, 5.74) is -6.13. The third kappa shape index (κ3) is 5.14. The van der Waals surface area contributed by atoms with Crippen LogP contribution in [0.2, 0.25) is 0 Å². The van der Waals surface area contributed by atoms with E-state index < -0.39 is 46.8 Å². The Labute approximate surface area is 109 Å². The Morgan fingerprint density at radius 3 is 2.16 bits per heavy atom. The van der Waals surface area contributed by atoms with Crippen LogP contribution in [-0.2, 0) is 17.4 Å². The fraction of sp³-hybridized carbons (Fsp3) is 0.364. The number of rotatable bonds is 3. The van der Waals surface area contributed by atoms with Crippen molar-refractivity contribution in [1.29, 1.82) is 0 Å². The number of thioether (sulfide) groups is 1. The van der Waals surface area contributed by atoms with Crippen molar-refractivity contribution in [2.75, 3.05) is 0 Å². The first-order valence-electron chi connectivity index (χ1n) is 4.94. The summed E-state index contributed by atoms with van der Waals surface area (Å²) >= 11 is -0.517. The molecule has 0 aromatic heterocycles. The van der Waals surface area contributed by atoms with Crippen LogP contribution in [0.4, 0.5) is 26.3 Å². The molecule has 0 unspecified atom stereocenters. The van der Waals surface area contributed by atoms with E-state index >= 15 is 0 Å². The van der Waals surface area contributed by atoms with E-state index in [2.05, 4.69) is 0 Å². The third-order valence-corrected chi connectivity index (χ3v) is 2.78. The topological polar surface area (TPSA) is 17.1 Å². The number of halogens is 6. The molecule has 0 saturated carbocycles. The van der Waals surface area contributed by atoms with Crippen molar-refractivity contribution in [3.63, 3.8) is 0 Å². The van der Waals surface area contributed by atoms with Gasteiger partial charge in [0, 0.05) is 11.3 Å². The molecule has 0 bridgehead atoms. The minimum Gasteiger partial charge on any atom is -0.300 e. The average Bonchev–Trinajstić information content (AvgIpc) is 2.11. The summed E-state index contributed by atoms with van der Waals surface area (Å²) in [5.74, 6) is -0.556. The minimum atomic E-state index is -4.70. The lowest BCUT2D eigenvalue weighted by molar-refractivity contribution is -0.138. The molecule has 106 valence electrons. The van der Waals surface area contributed by atoms with Crippen LogP contribution in [0.1, 0.15) is 18.1 Å². The highest BCUT2D eigenvalue weighted by Gasteiger charge is 2.35. The molecule has 0 spiro atoms. The van der Waals surface area contributed by atoms with Crippen LogP contribution in [0.3, 0.4) is 0 Å². The van der Waals surface area contributed by atoms with Gasteiger partial charge in [0.1, 0.15) is 5.78 Å². The number of ketones is 1. The first-order valence-corrected chi connectivity index (χ1v) is 5.76. The summed E-state index contributed by atoms with van der Waals surface area (Å²) in [4.78, 5) is 10.5. The molecule has 0 aliphatic carbocycles. The van der Waals surface area contributed by atoms with Crippen LogP contribution in [0.5, 0.6) is 0 Å². The van der Waals surface area contributed by atoms with Crippen molar-refractivity contribution in [3.8, 4) is 0 Å². The molecule has 1 aromatic rings. The molecule has 0 saturated heterocycles. The van der Waals surface area contributed by atoms with Gasteiger partial charge in [0.05, 0.1) is 5.56 Å². The molecule has 0 atom stereocenters. The summed E-state index contributed by atoms with van der Waals surface area (Å²) in [5, 5.41) is 0. The van der Waals surface area contributed by atoms with Crippen LogP contribution in [0.15, 0.2) is 23.1 Å². The van der Waals surface area contributed by atoms with Gasteiger partial charge in [-0.2, -0.15) is 26.3 Å². The molecule has 0 heterocycles. The van der Waals surface area contributed by atoms with Gasteiger partial charge in [-0.1, -0.05) is 0 Å². The zero-order valence-corrected chi connectivity index (χ0v) is 10.3. The second-order valence-electron chi connectivity index (χ2n) is 3.74. The van der Waals surface area contributed by atoms with Crippen molar-refractivity contribution in [2.45, 2.75) is 29.9 Å². The van der Waals surface area contributed by atoms with Gasteiger partial charge in [0.2, 0.25) is 0 Å². The van der Waals surface area contributed by atoms with Crippen LogP contribution >= 0.6 is 11.8 Å². The fourth-order valence-electron chi connectivity index (χ4n) is 1.46. The number of alkyl halides is 6. The maximum Gasteiger partial charge on any atom is 0.446 e. The van der Waals surface area contributed by atoms with Crippen molar-refractivity contribution in [1.82, 2.24) is 0 Å². The van der Waals surface area contributed by atoms with Gasteiger partial charge in [-0.25, -0.2) is 0 Å². The van der Waals surface area contributed by atoms with E-state index in [-0.39, 0.29) is 4.90 Å². The Bertz CT molecular complexity index is 477. The van der Waals surface area contributed by atoms with Crippen molar-refractivity contribution in [3.05, 3.63) is 29.3 Å². The van der Waals surface area contributed by atoms with E-state index in [1.165, 1.54) is 0 Å². The monoisotopic (exact) mass is 302 g/mol. The predicted octanol–water partition coefficient (Wildman–Crippen LogP) is 4.45. The van der Waals surface area contributed by atoms with Crippen LogP contribution < -0.4 is 0 Å². The van der Waals surface area contributed by atoms with E-state index in [1.807, 2.05) is 0 Å². The van der Waals surface area contributed by atoms with Gasteiger partial charge >= 0.3 is 11.7 Å². The van der Waals surface area contributed by atoms with Crippen LogP contribution in [-0.4, -0.2) is 11.3 Å². The van der Waals surface area contributed by atoms with Gasteiger partial charge < -0.3 is 0 Å². The summed E-state index contributed by atoms with van der Waals surface area (Å²) in [6.45, 7) is 1.07. The van der Waals surface area contributed by atoms with E-state index in [0.717, 1.165) is 19.1 Å². The Kier molecular flexibility index (Phi) is 4.54. The molecule has 1 nitrogen and oxygen atoms in total. The number of carbonyl (C=O) groups is 1. The average molecular weight is 302 g/mol. The maximum atomic E-state index is 12.6. The fourth-order valence-corrected chi connectivity index (χ4v) is 2.06. The largest absolute Gasteiger partial charge is 0.446 e. The molecule has 1 aromatic carbocycles. The summed E-state index contributed by atoms with van der Waals surface area (Å²) < 4.78 is 74.3. The van der Waals surface area contributed by atoms with Crippen LogP contribution in [0, 0.1) is 0 Å². The van der Waals surface area contributed by atoms with Gasteiger partial charge in [0.25, 0.3) is 0 Å². The minimum absolute atomic E-state index is 0.378. The van der Waals surface area contributed by atoms with Gasteiger partial charge in [-0.05, 0) is 42.4 Å². The lowest BCUT2D eigenvalue weighted by Gasteiger charge is -2.14. The highest BCUT2D eigenvalue weighted by molar-refractivity contribution is 8.00. The smallest absolute Gasteiger partial charge is 0.300 e. The molecule has 19 heavy (non-hydrogen) atoms. The highest BCUT2D eigenvalue weighted by Crippen LogP contribution is 2.40. The van der Waals surface area contributed by atoms with Gasteiger partial charge in [-0.15, -0.1) is 0 Å². The normalized spacial score (nSPS) is 12.6. The summed E-state index contributed by atoms with van der Waals surface area (Å²) in [6, 6.07) is 2.05. The zero-order valence-electron chi connectivity index (χ0n) is 9.52. The van der Waals surface area contributed by atoms with Crippen molar-refractivity contribution >= 4 is 17.5 Å². The van der Waals surface area contributed by atoms with E-state index in [1.54, 1.807) is 0 Å². The Hall–Kier alpha value is -1.18. The van der Waals surface area contributed by atoms with Crippen LogP contribution in [0.25, 0.3) is 0 Å². The molecule has 8 heteroatoms. The summed E-state index contributed by atoms with van der Waals surface area (Å²) in [7, 11) is 0. The van der Waals surface area contributed by atoms with Gasteiger partial charge in [0.15, 0.2) is 0 Å². The molecular weight excluding hydrogens is 294 g/mol. The highest BCUT2D eigenvalue weighted by atomic mass is 32.2.